The fourth-order valence-corrected chi connectivity index (χ4v) is 1.64. The topological polar surface area (TPSA) is 41.5 Å². The van der Waals surface area contributed by atoms with Gasteiger partial charge in [0.15, 0.2) is 0 Å². The molecule has 0 fully saturated rings. The van der Waals surface area contributed by atoms with Crippen LogP contribution in [-0.2, 0) is 0 Å². The van der Waals surface area contributed by atoms with E-state index in [1.165, 1.54) is 12.1 Å². The van der Waals surface area contributed by atoms with Crippen molar-refractivity contribution in [1.82, 2.24) is 5.32 Å². The van der Waals surface area contributed by atoms with Crippen LogP contribution in [0.15, 0.2) is 22.7 Å². The minimum Gasteiger partial charge on any atom is -0.490 e. The molecule has 1 atom stereocenters. The molecule has 2 N–H and O–H groups in total. The molecule has 1 unspecified atom stereocenters. The summed E-state index contributed by atoms with van der Waals surface area (Å²) in [6.07, 6.45) is 0.417. The zero-order valence-electron chi connectivity index (χ0n) is 9.75. The van der Waals surface area contributed by atoms with E-state index in [1.807, 2.05) is 0 Å². The van der Waals surface area contributed by atoms with E-state index in [4.69, 9.17) is 4.74 Å². The van der Waals surface area contributed by atoms with Gasteiger partial charge in [0.25, 0.3) is 0 Å². The van der Waals surface area contributed by atoms with Gasteiger partial charge < -0.3 is 15.2 Å². The molecule has 0 saturated carbocycles. The molecule has 0 saturated heterocycles. The number of ether oxygens (including phenoxy) is 1. The highest BCUT2D eigenvalue weighted by Gasteiger charge is 2.07. The summed E-state index contributed by atoms with van der Waals surface area (Å²) in [5, 5.41) is 12.7. The molecule has 0 aliphatic heterocycles. The second-order valence-electron chi connectivity index (χ2n) is 3.74. The summed E-state index contributed by atoms with van der Waals surface area (Å²) in [5.74, 6) is 0.0429. The number of hydrogen-bond acceptors (Lipinski definition) is 3. The number of aliphatic hydroxyl groups excluding tert-OH is 1. The highest BCUT2D eigenvalue weighted by atomic mass is 79.9. The summed E-state index contributed by atoms with van der Waals surface area (Å²) < 4.78 is 19.0. The summed E-state index contributed by atoms with van der Waals surface area (Å²) in [5.41, 5.74) is 0. The van der Waals surface area contributed by atoms with Gasteiger partial charge in [0.1, 0.15) is 24.3 Å². The fourth-order valence-electron chi connectivity index (χ4n) is 1.28. The minimum absolute atomic E-state index is 0.138. The Bertz CT molecular complexity index is 349. The smallest absolute Gasteiger partial charge is 0.136 e. The van der Waals surface area contributed by atoms with E-state index >= 15 is 0 Å². The van der Waals surface area contributed by atoms with Gasteiger partial charge in [-0.05, 0) is 41.0 Å². The van der Waals surface area contributed by atoms with E-state index in [9.17, 15) is 9.50 Å². The Labute approximate surface area is 109 Å². The van der Waals surface area contributed by atoms with Crippen LogP contribution in [0.4, 0.5) is 4.39 Å². The Morgan fingerprint density at radius 1 is 1.53 bits per heavy atom. The second kappa shape index (κ2) is 7.63. The third-order valence-corrected chi connectivity index (χ3v) is 2.79. The second-order valence-corrected chi connectivity index (χ2v) is 4.60. The Morgan fingerprint density at radius 2 is 2.29 bits per heavy atom. The molecule has 1 aromatic carbocycles. The molecule has 5 heteroatoms. The zero-order valence-corrected chi connectivity index (χ0v) is 11.3. The number of hydrogen-bond donors (Lipinski definition) is 2. The van der Waals surface area contributed by atoms with Crippen molar-refractivity contribution in [2.75, 3.05) is 19.7 Å². The Hall–Kier alpha value is -0.650. The number of halogens is 2. The molecule has 0 bridgehead atoms. The van der Waals surface area contributed by atoms with E-state index in [2.05, 4.69) is 28.2 Å². The predicted molar refractivity (Wildman–Crippen MR) is 68.8 cm³/mol. The molecule has 0 spiro atoms. The van der Waals surface area contributed by atoms with E-state index in [0.717, 1.165) is 13.0 Å². The van der Waals surface area contributed by atoms with E-state index in [0.29, 0.717) is 16.8 Å². The Kier molecular flexibility index (Phi) is 6.47. The van der Waals surface area contributed by atoms with Gasteiger partial charge >= 0.3 is 0 Å². The first-order chi connectivity index (χ1) is 8.13. The minimum atomic E-state index is -0.600. The monoisotopic (exact) mass is 305 g/mol. The Morgan fingerprint density at radius 3 is 3.00 bits per heavy atom. The molecular formula is C12H17BrFNO2. The Balaban J connectivity index is 2.36. The van der Waals surface area contributed by atoms with Crippen LogP contribution in [0.25, 0.3) is 0 Å². The molecule has 17 heavy (non-hydrogen) atoms. The van der Waals surface area contributed by atoms with Crippen molar-refractivity contribution in [1.29, 1.82) is 0 Å². The predicted octanol–water partition coefficient (Wildman–Crippen LogP) is 2.33. The molecule has 1 aromatic rings. The standard InChI is InChI=1S/C12H17BrFNO2/c1-2-5-15-7-10(16)8-17-12-6-9(14)3-4-11(12)13/h3-4,6,10,15-16H,2,5,7-8H2,1H3. The van der Waals surface area contributed by atoms with Crippen LogP contribution in [0.3, 0.4) is 0 Å². The van der Waals surface area contributed by atoms with Gasteiger partial charge in [-0.2, -0.15) is 0 Å². The van der Waals surface area contributed by atoms with Crippen LogP contribution in [-0.4, -0.2) is 30.9 Å². The van der Waals surface area contributed by atoms with Crippen molar-refractivity contribution in [2.45, 2.75) is 19.4 Å². The van der Waals surface area contributed by atoms with Gasteiger partial charge in [-0.25, -0.2) is 4.39 Å². The van der Waals surface area contributed by atoms with Crippen LogP contribution in [0.1, 0.15) is 13.3 Å². The average Bonchev–Trinajstić information content (AvgIpc) is 2.31. The first-order valence-electron chi connectivity index (χ1n) is 5.60. The van der Waals surface area contributed by atoms with Crippen LogP contribution in [0, 0.1) is 5.82 Å². The lowest BCUT2D eigenvalue weighted by Crippen LogP contribution is -2.31. The molecule has 3 nitrogen and oxygen atoms in total. The number of aliphatic hydroxyl groups is 1. The van der Waals surface area contributed by atoms with Gasteiger partial charge in [0, 0.05) is 12.6 Å². The summed E-state index contributed by atoms with van der Waals surface area (Å²) in [4.78, 5) is 0. The van der Waals surface area contributed by atoms with Crippen molar-refractivity contribution in [2.24, 2.45) is 0 Å². The number of benzene rings is 1. The van der Waals surface area contributed by atoms with Crippen molar-refractivity contribution in [3.05, 3.63) is 28.5 Å². The van der Waals surface area contributed by atoms with Crippen LogP contribution >= 0.6 is 15.9 Å². The highest BCUT2D eigenvalue weighted by molar-refractivity contribution is 9.10. The molecule has 1 rings (SSSR count). The third-order valence-electron chi connectivity index (χ3n) is 2.13. The lowest BCUT2D eigenvalue weighted by molar-refractivity contribution is 0.106. The van der Waals surface area contributed by atoms with E-state index in [-0.39, 0.29) is 12.4 Å². The highest BCUT2D eigenvalue weighted by Crippen LogP contribution is 2.25. The molecule has 0 radical (unpaired) electrons. The molecule has 96 valence electrons. The summed E-state index contributed by atoms with van der Waals surface area (Å²) in [7, 11) is 0. The summed E-state index contributed by atoms with van der Waals surface area (Å²) in [6.45, 7) is 3.53. The maximum Gasteiger partial charge on any atom is 0.136 e. The lowest BCUT2D eigenvalue weighted by atomic mass is 10.3. The van der Waals surface area contributed by atoms with Gasteiger partial charge in [0.05, 0.1) is 4.47 Å². The van der Waals surface area contributed by atoms with Crippen molar-refractivity contribution in [3.63, 3.8) is 0 Å². The molecule has 0 heterocycles. The van der Waals surface area contributed by atoms with Gasteiger partial charge in [-0.3, -0.25) is 0 Å². The van der Waals surface area contributed by atoms with E-state index < -0.39 is 6.10 Å². The molecule has 0 aliphatic rings. The van der Waals surface area contributed by atoms with Crippen molar-refractivity contribution >= 4 is 15.9 Å². The lowest BCUT2D eigenvalue weighted by Gasteiger charge is -2.13. The largest absolute Gasteiger partial charge is 0.490 e. The maximum absolute atomic E-state index is 12.9. The zero-order chi connectivity index (χ0) is 12.7. The van der Waals surface area contributed by atoms with Crippen LogP contribution in [0.5, 0.6) is 5.75 Å². The molecule has 0 amide bonds. The molecule has 0 aliphatic carbocycles. The molecular weight excluding hydrogens is 289 g/mol. The number of nitrogens with one attached hydrogen (secondary N) is 1. The first kappa shape index (κ1) is 14.4. The fraction of sp³-hybridized carbons (Fsp3) is 0.500. The van der Waals surface area contributed by atoms with Crippen molar-refractivity contribution in [3.8, 4) is 5.75 Å². The quantitative estimate of drug-likeness (QED) is 0.760. The van der Waals surface area contributed by atoms with Crippen LogP contribution < -0.4 is 10.1 Å². The van der Waals surface area contributed by atoms with Gasteiger partial charge in [-0.1, -0.05) is 6.92 Å². The van der Waals surface area contributed by atoms with Gasteiger partial charge in [0.2, 0.25) is 0 Å². The summed E-state index contributed by atoms with van der Waals surface area (Å²) in [6, 6.07) is 4.21. The average molecular weight is 306 g/mol. The van der Waals surface area contributed by atoms with E-state index in [1.54, 1.807) is 6.07 Å². The third kappa shape index (κ3) is 5.48. The number of rotatable bonds is 7. The SMILES string of the molecule is CCCNCC(O)COc1cc(F)ccc1Br. The van der Waals surface area contributed by atoms with Crippen molar-refractivity contribution < 1.29 is 14.2 Å². The van der Waals surface area contributed by atoms with Gasteiger partial charge in [-0.15, -0.1) is 0 Å². The maximum atomic E-state index is 12.9. The molecule has 0 aromatic heterocycles. The first-order valence-corrected chi connectivity index (χ1v) is 6.39. The normalized spacial score (nSPS) is 12.5. The van der Waals surface area contributed by atoms with Crippen LogP contribution in [0.2, 0.25) is 0 Å². The summed E-state index contributed by atoms with van der Waals surface area (Å²) >= 11 is 3.26.